The summed E-state index contributed by atoms with van der Waals surface area (Å²) in [5.74, 6) is 0. The van der Waals surface area contributed by atoms with E-state index in [0.29, 0.717) is 0 Å². The molecule has 0 spiro atoms. The summed E-state index contributed by atoms with van der Waals surface area (Å²) in [5, 5.41) is 17.9. The summed E-state index contributed by atoms with van der Waals surface area (Å²) in [7, 11) is 0. The van der Waals surface area contributed by atoms with E-state index in [1.165, 1.54) is 86.5 Å². The Hall–Kier alpha value is -5.27. The number of nitrogens with zero attached hydrogens (tertiary/aromatic N) is 1. The second-order valence-electron chi connectivity index (χ2n) is 10.7. The second-order valence-corrected chi connectivity index (χ2v) is 10.7. The molecule has 0 unspecified atom stereocenters. The fraction of sp³-hybridized carbons (Fsp3) is 0. The van der Waals surface area contributed by atoms with Crippen molar-refractivity contribution in [2.75, 3.05) is 0 Å². The maximum Gasteiger partial charge on any atom is 0.0352 e. The number of hydrogen-bond acceptors (Lipinski definition) is 1. The van der Waals surface area contributed by atoms with Gasteiger partial charge in [0, 0.05) is 17.8 Å². The van der Waals surface area contributed by atoms with Gasteiger partial charge in [-0.05, 0) is 99.3 Å². The normalized spacial score (nSPS) is 12.0. The van der Waals surface area contributed by atoms with Crippen LogP contribution in [-0.2, 0) is 0 Å². The summed E-state index contributed by atoms with van der Waals surface area (Å²) < 4.78 is 0. The van der Waals surface area contributed by atoms with Crippen LogP contribution in [0.25, 0.3) is 86.5 Å². The molecule has 0 saturated heterocycles. The van der Waals surface area contributed by atoms with Crippen LogP contribution < -0.4 is 0 Å². The molecule has 184 valence electrons. The molecule has 9 aromatic rings. The molecule has 0 bridgehead atoms. The fourth-order valence-electron chi connectivity index (χ4n) is 6.99. The summed E-state index contributed by atoms with van der Waals surface area (Å²) in [5.41, 5.74) is 2.46. The summed E-state index contributed by atoms with van der Waals surface area (Å²) in [6.45, 7) is 0. The van der Waals surface area contributed by atoms with Gasteiger partial charge in [-0.1, -0.05) is 109 Å². The van der Waals surface area contributed by atoms with Crippen LogP contribution in [0.4, 0.5) is 0 Å². The minimum absolute atomic E-state index is 1.18. The molecule has 0 aliphatic carbocycles. The molecule has 1 aromatic heterocycles. The quantitative estimate of drug-likeness (QED) is 0.160. The number of pyridine rings is 1. The molecule has 0 amide bonds. The fourth-order valence-corrected chi connectivity index (χ4v) is 6.99. The second kappa shape index (κ2) is 8.11. The van der Waals surface area contributed by atoms with Crippen LogP contribution in [-0.4, -0.2) is 4.98 Å². The Balaban J connectivity index is 1.55. The Morgan fingerprint density at radius 3 is 1.50 bits per heavy atom. The highest BCUT2D eigenvalue weighted by Crippen LogP contribution is 2.45. The minimum atomic E-state index is 1.18. The predicted octanol–water partition coefficient (Wildman–Crippen LogP) is 10.8. The lowest BCUT2D eigenvalue weighted by Crippen LogP contribution is -1.90. The van der Waals surface area contributed by atoms with Crippen molar-refractivity contribution in [1.29, 1.82) is 0 Å². The van der Waals surface area contributed by atoms with Crippen molar-refractivity contribution in [1.82, 2.24) is 4.98 Å². The standard InChI is InChI=1S/C39H23N/c1-2-10-27-24(9-1)21-25-19-20-40-23-36(25)37(27)26-17-18-31-30-13-5-7-15-33(30)38-32-14-6-3-11-28(32)29-12-4-8-16-34(29)39(38)35(31)22-26/h1-23H. The number of aromatic nitrogens is 1. The average molecular weight is 506 g/mol. The first kappa shape index (κ1) is 21.6. The predicted molar refractivity (Wildman–Crippen MR) is 172 cm³/mol. The molecule has 1 heteroatoms. The van der Waals surface area contributed by atoms with Crippen LogP contribution in [0.15, 0.2) is 140 Å². The van der Waals surface area contributed by atoms with Gasteiger partial charge in [-0.2, -0.15) is 0 Å². The Morgan fingerprint density at radius 2 is 0.850 bits per heavy atom. The molecular formula is C39H23N. The lowest BCUT2D eigenvalue weighted by molar-refractivity contribution is 1.37. The van der Waals surface area contributed by atoms with E-state index in [9.17, 15) is 0 Å². The smallest absolute Gasteiger partial charge is 0.0352 e. The monoisotopic (exact) mass is 505 g/mol. The van der Waals surface area contributed by atoms with E-state index in [0.717, 1.165) is 0 Å². The maximum absolute atomic E-state index is 4.53. The van der Waals surface area contributed by atoms with Crippen LogP contribution in [0.3, 0.4) is 0 Å². The number of fused-ring (bicyclic) bond motifs is 13. The number of hydrogen-bond donors (Lipinski definition) is 0. The Labute approximate surface area is 230 Å². The molecule has 40 heavy (non-hydrogen) atoms. The van der Waals surface area contributed by atoms with Crippen molar-refractivity contribution < 1.29 is 0 Å². The number of rotatable bonds is 1. The van der Waals surface area contributed by atoms with E-state index >= 15 is 0 Å². The Morgan fingerprint density at radius 1 is 0.350 bits per heavy atom. The van der Waals surface area contributed by atoms with Crippen LogP contribution in [0.2, 0.25) is 0 Å². The van der Waals surface area contributed by atoms with Gasteiger partial charge >= 0.3 is 0 Å². The third-order valence-electron chi connectivity index (χ3n) is 8.66. The van der Waals surface area contributed by atoms with E-state index in [2.05, 4.69) is 132 Å². The zero-order valence-electron chi connectivity index (χ0n) is 21.7. The largest absolute Gasteiger partial charge is 0.264 e. The first-order chi connectivity index (χ1) is 19.9. The first-order valence-electron chi connectivity index (χ1n) is 13.8. The van der Waals surface area contributed by atoms with Crippen LogP contribution >= 0.6 is 0 Å². The van der Waals surface area contributed by atoms with Crippen molar-refractivity contribution in [2.24, 2.45) is 0 Å². The topological polar surface area (TPSA) is 12.9 Å². The molecule has 0 aliphatic rings. The summed E-state index contributed by atoms with van der Waals surface area (Å²) in [6.07, 6.45) is 3.90. The molecule has 0 atom stereocenters. The minimum Gasteiger partial charge on any atom is -0.264 e. The van der Waals surface area contributed by atoms with Gasteiger partial charge < -0.3 is 0 Å². The number of benzene rings is 8. The van der Waals surface area contributed by atoms with Crippen molar-refractivity contribution in [3.05, 3.63) is 140 Å². The van der Waals surface area contributed by atoms with Gasteiger partial charge in [-0.25, -0.2) is 0 Å². The molecule has 8 aromatic carbocycles. The highest BCUT2D eigenvalue weighted by molar-refractivity contribution is 6.39. The van der Waals surface area contributed by atoms with Gasteiger partial charge in [0.25, 0.3) is 0 Å². The van der Waals surface area contributed by atoms with Gasteiger partial charge in [0.1, 0.15) is 0 Å². The van der Waals surface area contributed by atoms with Gasteiger partial charge in [0.15, 0.2) is 0 Å². The van der Waals surface area contributed by atoms with Crippen LogP contribution in [0.5, 0.6) is 0 Å². The van der Waals surface area contributed by atoms with Crippen molar-refractivity contribution >= 4 is 75.4 Å². The van der Waals surface area contributed by atoms with E-state index in [-0.39, 0.29) is 0 Å². The Bertz CT molecular complexity index is 2420. The molecule has 0 saturated carbocycles. The van der Waals surface area contributed by atoms with Crippen molar-refractivity contribution in [3.8, 4) is 11.1 Å². The molecule has 0 fully saturated rings. The van der Waals surface area contributed by atoms with Gasteiger partial charge in [-0.15, -0.1) is 0 Å². The molecule has 0 radical (unpaired) electrons. The molecule has 1 nitrogen and oxygen atoms in total. The van der Waals surface area contributed by atoms with Crippen LogP contribution in [0, 0.1) is 0 Å². The Kier molecular flexibility index (Phi) is 4.39. The van der Waals surface area contributed by atoms with Crippen molar-refractivity contribution in [2.45, 2.75) is 0 Å². The highest BCUT2D eigenvalue weighted by atomic mass is 14.6. The van der Waals surface area contributed by atoms with Gasteiger partial charge in [0.2, 0.25) is 0 Å². The zero-order valence-corrected chi connectivity index (χ0v) is 21.7. The van der Waals surface area contributed by atoms with E-state index in [1.54, 1.807) is 0 Å². The molecule has 0 N–H and O–H groups in total. The first-order valence-corrected chi connectivity index (χ1v) is 13.8. The summed E-state index contributed by atoms with van der Waals surface area (Å²) in [6, 6.07) is 46.8. The molecular weight excluding hydrogens is 482 g/mol. The SMILES string of the molecule is c1ccc2c(-c3ccc4c5ccccc5c5c6ccccc6c6ccccc6c5c4c3)c3cnccc3cc2c1. The molecule has 9 rings (SSSR count). The van der Waals surface area contributed by atoms with E-state index in [1.807, 2.05) is 12.4 Å². The molecule has 1 heterocycles. The van der Waals surface area contributed by atoms with E-state index in [4.69, 9.17) is 0 Å². The van der Waals surface area contributed by atoms with Crippen LogP contribution in [0.1, 0.15) is 0 Å². The third-order valence-corrected chi connectivity index (χ3v) is 8.66. The van der Waals surface area contributed by atoms with Gasteiger partial charge in [0.05, 0.1) is 0 Å². The van der Waals surface area contributed by atoms with Crippen molar-refractivity contribution in [3.63, 3.8) is 0 Å². The zero-order chi connectivity index (χ0) is 26.2. The average Bonchev–Trinajstić information content (AvgIpc) is 3.03. The third kappa shape index (κ3) is 2.89. The highest BCUT2D eigenvalue weighted by Gasteiger charge is 2.17. The maximum atomic E-state index is 4.53. The lowest BCUT2D eigenvalue weighted by atomic mass is 9.85. The lowest BCUT2D eigenvalue weighted by Gasteiger charge is -2.18. The summed E-state index contributed by atoms with van der Waals surface area (Å²) in [4.78, 5) is 4.53. The van der Waals surface area contributed by atoms with Gasteiger partial charge in [-0.3, -0.25) is 4.98 Å². The molecule has 0 aliphatic heterocycles. The summed E-state index contributed by atoms with van der Waals surface area (Å²) >= 11 is 0. The van der Waals surface area contributed by atoms with E-state index < -0.39 is 0 Å².